The molecule has 0 fully saturated rings. The zero-order valence-electron chi connectivity index (χ0n) is 19.9. The molecule has 0 radical (unpaired) electrons. The average molecular weight is 493 g/mol. The molecule has 3 aromatic rings. The lowest BCUT2D eigenvalue weighted by Crippen LogP contribution is -2.29. The van der Waals surface area contributed by atoms with Gasteiger partial charge in [0.2, 0.25) is 5.91 Å². The number of amides is 2. The number of nitrogens with one attached hydrogen (secondary N) is 3. The summed E-state index contributed by atoms with van der Waals surface area (Å²) in [6, 6.07) is 15.3. The average Bonchev–Trinajstić information content (AvgIpc) is 3.28. The second-order valence-corrected chi connectivity index (χ2v) is 8.85. The van der Waals surface area contributed by atoms with E-state index in [9.17, 15) is 9.59 Å². The summed E-state index contributed by atoms with van der Waals surface area (Å²) in [6.07, 6.45) is 3.65. The number of anilines is 1. The largest absolute Gasteiger partial charge is 0.377 e. The van der Waals surface area contributed by atoms with Crippen molar-refractivity contribution in [1.82, 2.24) is 15.6 Å². The molecule has 1 heterocycles. The van der Waals surface area contributed by atoms with Crippen molar-refractivity contribution in [3.8, 4) is 11.1 Å². The van der Waals surface area contributed by atoms with Gasteiger partial charge in [-0.05, 0) is 47.2 Å². The van der Waals surface area contributed by atoms with Gasteiger partial charge >= 0.3 is 0 Å². The van der Waals surface area contributed by atoms with Crippen LogP contribution in [0.2, 0.25) is 5.02 Å². The van der Waals surface area contributed by atoms with Gasteiger partial charge in [-0.3, -0.25) is 9.59 Å². The van der Waals surface area contributed by atoms with E-state index in [0.717, 1.165) is 29.5 Å². The van der Waals surface area contributed by atoms with Crippen LogP contribution in [0.3, 0.4) is 0 Å². The number of ether oxygens (including phenoxy) is 1. The number of carbonyl (C=O) groups excluding carboxylic acids is 2. The minimum Gasteiger partial charge on any atom is -0.377 e. The van der Waals surface area contributed by atoms with Crippen LogP contribution in [0.25, 0.3) is 11.1 Å². The Labute approximate surface area is 210 Å². The molecule has 0 saturated heterocycles. The summed E-state index contributed by atoms with van der Waals surface area (Å²) >= 11 is 6.76. The molecule has 1 aromatic heterocycles. The topological polar surface area (TPSA) is 92.4 Å². The summed E-state index contributed by atoms with van der Waals surface area (Å²) in [5.74, 6) is 0.0847. The molecule has 3 N–H and O–H groups in total. The minimum atomic E-state index is -0.312. The number of hydrogen-bond acceptors (Lipinski definition) is 5. The van der Waals surface area contributed by atoms with Crippen LogP contribution >= 0.6 is 11.6 Å². The van der Waals surface area contributed by atoms with E-state index in [4.69, 9.17) is 16.3 Å². The minimum absolute atomic E-state index is 0.0494. The zero-order chi connectivity index (χ0) is 24.8. The molecule has 1 atom stereocenters. The molecule has 7 nitrogen and oxygen atoms in total. The van der Waals surface area contributed by atoms with E-state index in [1.807, 2.05) is 30.3 Å². The zero-order valence-corrected chi connectivity index (χ0v) is 20.6. The molecule has 0 unspecified atom stereocenters. The molecule has 4 rings (SSSR count). The molecule has 0 aliphatic heterocycles. The van der Waals surface area contributed by atoms with Crippen molar-refractivity contribution in [3.05, 3.63) is 82.0 Å². The van der Waals surface area contributed by atoms with Crippen molar-refractivity contribution in [2.75, 3.05) is 25.5 Å². The van der Waals surface area contributed by atoms with Gasteiger partial charge in [0.05, 0.1) is 16.7 Å². The maximum atomic E-state index is 13.0. The van der Waals surface area contributed by atoms with Crippen molar-refractivity contribution < 1.29 is 14.3 Å². The number of carbonyl (C=O) groups is 2. The Kier molecular flexibility index (Phi) is 8.13. The van der Waals surface area contributed by atoms with Crippen LogP contribution in [-0.4, -0.2) is 37.0 Å². The summed E-state index contributed by atoms with van der Waals surface area (Å²) in [5, 5.41) is 9.22. The van der Waals surface area contributed by atoms with Crippen LogP contribution in [0, 0.1) is 0 Å². The van der Waals surface area contributed by atoms with Gasteiger partial charge in [0.1, 0.15) is 5.82 Å². The first kappa shape index (κ1) is 24.9. The highest BCUT2D eigenvalue weighted by atomic mass is 35.5. The van der Waals surface area contributed by atoms with E-state index < -0.39 is 0 Å². The van der Waals surface area contributed by atoms with Gasteiger partial charge in [0.25, 0.3) is 5.91 Å². The highest BCUT2D eigenvalue weighted by Crippen LogP contribution is 2.41. The third-order valence-electron chi connectivity index (χ3n) is 6.10. The van der Waals surface area contributed by atoms with Crippen molar-refractivity contribution in [1.29, 1.82) is 0 Å². The normalized spacial score (nSPS) is 14.4. The first-order chi connectivity index (χ1) is 17.0. The fourth-order valence-electron chi connectivity index (χ4n) is 4.38. The molecular weight excluding hydrogens is 464 g/mol. The SMILES string of the molecule is CO[C@H]1CCc2c(-c3cccc(C(=O)Nc4ccc(CNCCNC(C)=O)cn4)c3Cl)cccc21. The van der Waals surface area contributed by atoms with Crippen LogP contribution in [-0.2, 0) is 22.5 Å². The monoisotopic (exact) mass is 492 g/mol. The lowest BCUT2D eigenvalue weighted by molar-refractivity contribution is -0.118. The molecular formula is C27H29ClN4O3. The number of nitrogens with zero attached hydrogens (tertiary/aromatic N) is 1. The predicted molar refractivity (Wildman–Crippen MR) is 138 cm³/mol. The Morgan fingerprint density at radius 3 is 2.63 bits per heavy atom. The molecule has 2 aromatic carbocycles. The predicted octanol–water partition coefficient (Wildman–Crippen LogP) is 4.51. The van der Waals surface area contributed by atoms with Gasteiger partial charge in [-0.25, -0.2) is 4.98 Å². The lowest BCUT2D eigenvalue weighted by atomic mass is 9.95. The first-order valence-electron chi connectivity index (χ1n) is 11.6. The van der Waals surface area contributed by atoms with Gasteiger partial charge in [-0.15, -0.1) is 0 Å². The van der Waals surface area contributed by atoms with Crippen LogP contribution in [0.15, 0.2) is 54.7 Å². The fourth-order valence-corrected chi connectivity index (χ4v) is 4.69. The Bertz CT molecular complexity index is 1210. The van der Waals surface area contributed by atoms with Gasteiger partial charge in [-0.2, -0.15) is 0 Å². The maximum absolute atomic E-state index is 13.0. The van der Waals surface area contributed by atoms with Gasteiger partial charge in [-0.1, -0.05) is 48.0 Å². The number of hydrogen-bond donors (Lipinski definition) is 3. The van der Waals surface area contributed by atoms with Crippen LogP contribution in [0.5, 0.6) is 0 Å². The van der Waals surface area contributed by atoms with E-state index in [-0.39, 0.29) is 17.9 Å². The number of aromatic nitrogens is 1. The Morgan fingerprint density at radius 2 is 1.89 bits per heavy atom. The third kappa shape index (κ3) is 5.88. The quantitative estimate of drug-likeness (QED) is 0.382. The van der Waals surface area contributed by atoms with Crippen LogP contribution in [0.1, 0.15) is 46.5 Å². The summed E-state index contributed by atoms with van der Waals surface area (Å²) in [6.45, 7) is 3.32. The highest BCUT2D eigenvalue weighted by Gasteiger charge is 2.26. The highest BCUT2D eigenvalue weighted by molar-refractivity contribution is 6.37. The van der Waals surface area contributed by atoms with Crippen LogP contribution in [0.4, 0.5) is 5.82 Å². The van der Waals surface area contributed by atoms with E-state index in [1.54, 1.807) is 25.4 Å². The van der Waals surface area contributed by atoms with Gasteiger partial charge in [0, 0.05) is 45.4 Å². The Balaban J connectivity index is 1.44. The van der Waals surface area contributed by atoms with Gasteiger partial charge in [0.15, 0.2) is 0 Å². The Morgan fingerprint density at radius 1 is 1.09 bits per heavy atom. The van der Waals surface area contributed by atoms with E-state index in [2.05, 4.69) is 27.0 Å². The van der Waals surface area contributed by atoms with E-state index in [0.29, 0.717) is 36.0 Å². The van der Waals surface area contributed by atoms with E-state index >= 15 is 0 Å². The fraction of sp³-hybridized carbons (Fsp3) is 0.296. The number of rotatable bonds is 9. The van der Waals surface area contributed by atoms with Gasteiger partial charge < -0.3 is 20.7 Å². The molecule has 1 aliphatic carbocycles. The molecule has 182 valence electrons. The molecule has 1 aliphatic rings. The molecule has 8 heteroatoms. The first-order valence-corrected chi connectivity index (χ1v) is 12.0. The number of pyridine rings is 1. The van der Waals surface area contributed by atoms with Crippen molar-refractivity contribution in [3.63, 3.8) is 0 Å². The van der Waals surface area contributed by atoms with E-state index in [1.165, 1.54) is 18.1 Å². The summed E-state index contributed by atoms with van der Waals surface area (Å²) in [5.41, 5.74) is 5.65. The molecule has 35 heavy (non-hydrogen) atoms. The smallest absolute Gasteiger partial charge is 0.258 e. The van der Waals surface area contributed by atoms with Crippen molar-refractivity contribution in [2.24, 2.45) is 0 Å². The number of benzene rings is 2. The standard InChI is InChI=1S/C27H29ClN4O3/c1-17(33)30-14-13-29-15-18-9-12-25(31-16-18)32-27(34)23-8-4-7-22(26(23)28)19-5-3-6-21-20(19)10-11-24(21)35-2/h3-9,12,16,24,29H,10-11,13-15H2,1-2H3,(H,30,33)(H,31,32,34)/t24-/m0/s1. The number of halogens is 1. The second kappa shape index (κ2) is 11.4. The van der Waals surface area contributed by atoms with Crippen molar-refractivity contribution >= 4 is 29.2 Å². The van der Waals surface area contributed by atoms with Crippen LogP contribution < -0.4 is 16.0 Å². The van der Waals surface area contributed by atoms with Crippen molar-refractivity contribution in [2.45, 2.75) is 32.4 Å². The summed E-state index contributed by atoms with van der Waals surface area (Å²) in [7, 11) is 1.73. The summed E-state index contributed by atoms with van der Waals surface area (Å²) < 4.78 is 5.61. The second-order valence-electron chi connectivity index (χ2n) is 8.47. The Hall–Kier alpha value is -3.26. The molecule has 0 spiro atoms. The summed E-state index contributed by atoms with van der Waals surface area (Å²) in [4.78, 5) is 28.3. The maximum Gasteiger partial charge on any atom is 0.258 e. The molecule has 2 amide bonds. The molecule has 0 bridgehead atoms. The number of fused-ring (bicyclic) bond motifs is 1. The molecule has 0 saturated carbocycles. The lowest BCUT2D eigenvalue weighted by Gasteiger charge is -2.14. The number of methoxy groups -OCH3 is 1. The third-order valence-corrected chi connectivity index (χ3v) is 6.51.